The normalized spacial score (nSPS) is 21.6. The zero-order chi connectivity index (χ0) is 22.0. The van der Waals surface area contributed by atoms with Crippen LogP contribution in [0.4, 0.5) is 0 Å². The van der Waals surface area contributed by atoms with Crippen LogP contribution in [0.5, 0.6) is 0 Å². The predicted molar refractivity (Wildman–Crippen MR) is 116 cm³/mol. The number of aryl methyl sites for hydroxylation is 1. The number of nitrogens with one attached hydrogen (secondary N) is 1. The molecule has 0 fully saturated rings. The average Bonchev–Trinajstić information content (AvgIpc) is 3.14. The van der Waals surface area contributed by atoms with Gasteiger partial charge in [-0.25, -0.2) is 15.0 Å². The smallest absolute Gasteiger partial charge is 0.335 e. The van der Waals surface area contributed by atoms with E-state index in [0.717, 1.165) is 11.1 Å². The predicted octanol–water partition coefficient (Wildman–Crippen LogP) is 3.31. The van der Waals surface area contributed by atoms with E-state index in [0.29, 0.717) is 24.1 Å². The summed E-state index contributed by atoms with van der Waals surface area (Å²) in [5.74, 6) is 4.24. The first-order chi connectivity index (χ1) is 14.9. The fraction of sp³-hybridized carbons (Fsp3) is 0.200. The van der Waals surface area contributed by atoms with Crippen molar-refractivity contribution in [2.45, 2.75) is 31.3 Å². The number of hydrazine groups is 1. The number of aliphatic carboxylic acids is 1. The number of hydrogen-bond acceptors (Lipinski definition) is 4. The molecule has 0 spiro atoms. The molecule has 0 saturated heterocycles. The van der Waals surface area contributed by atoms with E-state index < -0.39 is 17.5 Å². The van der Waals surface area contributed by atoms with Gasteiger partial charge in [0, 0.05) is 5.56 Å². The van der Waals surface area contributed by atoms with Gasteiger partial charge in [0.15, 0.2) is 5.54 Å². The highest BCUT2D eigenvalue weighted by Crippen LogP contribution is 2.39. The number of rotatable bonds is 4. The highest BCUT2D eigenvalue weighted by atomic mass is 16.4. The van der Waals surface area contributed by atoms with Gasteiger partial charge in [-0.15, -0.1) is 0 Å². The third-order valence-corrected chi connectivity index (χ3v) is 5.68. The van der Waals surface area contributed by atoms with Crippen molar-refractivity contribution in [3.8, 4) is 11.8 Å². The molecule has 3 N–H and O–H groups in total. The molecular formula is C25H22N2O4. The third kappa shape index (κ3) is 3.83. The van der Waals surface area contributed by atoms with Crippen molar-refractivity contribution in [2.24, 2.45) is 0 Å². The van der Waals surface area contributed by atoms with Gasteiger partial charge in [0.1, 0.15) is 5.70 Å². The van der Waals surface area contributed by atoms with E-state index in [9.17, 15) is 19.8 Å². The van der Waals surface area contributed by atoms with E-state index >= 15 is 0 Å². The van der Waals surface area contributed by atoms with Crippen LogP contribution < -0.4 is 5.43 Å². The minimum atomic E-state index is -1.36. The van der Waals surface area contributed by atoms with Crippen molar-refractivity contribution >= 4 is 11.9 Å². The molecule has 156 valence electrons. The lowest BCUT2D eigenvalue weighted by Crippen LogP contribution is -2.57. The molecule has 2 aliphatic rings. The van der Waals surface area contributed by atoms with Gasteiger partial charge >= 0.3 is 11.9 Å². The summed E-state index contributed by atoms with van der Waals surface area (Å²) in [6.07, 6.45) is 6.50. The molecule has 31 heavy (non-hydrogen) atoms. The summed E-state index contributed by atoms with van der Waals surface area (Å²) in [5, 5.41) is 21.3. The number of allylic oxidation sites excluding steroid dienone is 3. The van der Waals surface area contributed by atoms with E-state index in [1.54, 1.807) is 17.1 Å². The highest BCUT2D eigenvalue weighted by Gasteiger charge is 2.47. The Morgan fingerprint density at radius 1 is 1.13 bits per heavy atom. The molecule has 2 unspecified atom stereocenters. The van der Waals surface area contributed by atoms with Crippen molar-refractivity contribution in [3.63, 3.8) is 0 Å². The van der Waals surface area contributed by atoms with Crippen LogP contribution >= 0.6 is 0 Å². The number of fused-ring (bicyclic) bond motifs is 1. The molecule has 0 saturated carbocycles. The Morgan fingerprint density at radius 3 is 2.61 bits per heavy atom. The molecule has 0 bridgehead atoms. The standard InChI is InChI=1S/C25H22N2O4/c1-17-6-5-9-21(12-10-18-7-3-2-4-8-18)27(17)26-25(24(30)31)15-14-19-16-20(23(28)29)11-13-22(19)25/h2-9,11,13,16-17,26H,14-15H2,1H3,(H,28,29)(H,30,31). The summed E-state index contributed by atoms with van der Waals surface area (Å²) in [6, 6.07) is 14.1. The lowest BCUT2D eigenvalue weighted by molar-refractivity contribution is -0.148. The molecule has 1 heterocycles. The van der Waals surface area contributed by atoms with E-state index in [-0.39, 0.29) is 11.6 Å². The summed E-state index contributed by atoms with van der Waals surface area (Å²) in [7, 11) is 0. The van der Waals surface area contributed by atoms with Gasteiger partial charge in [-0.3, -0.25) is 5.01 Å². The Labute approximate surface area is 180 Å². The topological polar surface area (TPSA) is 89.9 Å². The Balaban J connectivity index is 1.69. The SMILES string of the molecule is CC1C=CC=C(C#Cc2ccccc2)N1NC1(C(=O)O)CCc2cc(C(=O)O)ccc21. The number of carboxylic acids is 2. The summed E-state index contributed by atoms with van der Waals surface area (Å²) in [6.45, 7) is 1.96. The molecular weight excluding hydrogens is 392 g/mol. The molecule has 1 aliphatic carbocycles. The molecule has 0 aromatic heterocycles. The van der Waals surface area contributed by atoms with Crippen molar-refractivity contribution in [3.05, 3.63) is 94.7 Å². The average molecular weight is 414 g/mol. The Bertz CT molecular complexity index is 1160. The lowest BCUT2D eigenvalue weighted by atomic mass is 9.91. The van der Waals surface area contributed by atoms with E-state index in [1.165, 1.54) is 6.07 Å². The molecule has 1 aliphatic heterocycles. The van der Waals surface area contributed by atoms with Crippen LogP contribution in [0.25, 0.3) is 0 Å². The van der Waals surface area contributed by atoms with Gasteiger partial charge in [-0.2, -0.15) is 0 Å². The molecule has 2 aromatic carbocycles. The summed E-state index contributed by atoms with van der Waals surface area (Å²) in [4.78, 5) is 23.8. The van der Waals surface area contributed by atoms with Gasteiger partial charge in [-0.05, 0) is 67.2 Å². The maximum absolute atomic E-state index is 12.5. The van der Waals surface area contributed by atoms with Crippen LogP contribution in [-0.4, -0.2) is 33.2 Å². The summed E-state index contributed by atoms with van der Waals surface area (Å²) < 4.78 is 0. The van der Waals surface area contributed by atoms with Gasteiger partial charge in [0.2, 0.25) is 0 Å². The summed E-state index contributed by atoms with van der Waals surface area (Å²) in [5.41, 5.74) is 4.88. The summed E-state index contributed by atoms with van der Waals surface area (Å²) >= 11 is 0. The van der Waals surface area contributed by atoms with E-state index in [2.05, 4.69) is 17.3 Å². The molecule has 2 atom stereocenters. The van der Waals surface area contributed by atoms with Crippen LogP contribution in [0.2, 0.25) is 0 Å². The lowest BCUT2D eigenvalue weighted by Gasteiger charge is -2.39. The number of aromatic carboxylic acids is 1. The zero-order valence-electron chi connectivity index (χ0n) is 17.0. The Hall–Kier alpha value is -3.82. The first kappa shape index (κ1) is 20.5. The Morgan fingerprint density at radius 2 is 1.90 bits per heavy atom. The third-order valence-electron chi connectivity index (χ3n) is 5.68. The van der Waals surface area contributed by atoms with Crippen molar-refractivity contribution in [1.82, 2.24) is 10.4 Å². The van der Waals surface area contributed by atoms with Gasteiger partial charge in [-0.1, -0.05) is 42.3 Å². The second-order valence-corrected chi connectivity index (χ2v) is 7.66. The second-order valence-electron chi connectivity index (χ2n) is 7.66. The monoisotopic (exact) mass is 414 g/mol. The van der Waals surface area contributed by atoms with Crippen LogP contribution in [0.3, 0.4) is 0 Å². The van der Waals surface area contributed by atoms with Crippen LogP contribution in [0.15, 0.2) is 72.5 Å². The first-order valence-electron chi connectivity index (χ1n) is 10.0. The van der Waals surface area contributed by atoms with Crippen molar-refractivity contribution in [2.75, 3.05) is 0 Å². The van der Waals surface area contributed by atoms with Crippen molar-refractivity contribution < 1.29 is 19.8 Å². The maximum Gasteiger partial charge on any atom is 0.335 e. The number of hydrogen-bond donors (Lipinski definition) is 3. The number of benzene rings is 2. The molecule has 6 nitrogen and oxygen atoms in total. The molecule has 6 heteroatoms. The first-order valence-corrected chi connectivity index (χ1v) is 10.0. The molecule has 0 amide bonds. The van der Waals surface area contributed by atoms with E-state index in [4.69, 9.17) is 0 Å². The fourth-order valence-corrected chi connectivity index (χ4v) is 4.01. The van der Waals surface area contributed by atoms with Gasteiger partial charge in [0.25, 0.3) is 0 Å². The van der Waals surface area contributed by atoms with Gasteiger partial charge < -0.3 is 10.2 Å². The number of carboxylic acid groups (broad SMARTS) is 2. The van der Waals surface area contributed by atoms with Crippen LogP contribution in [0.1, 0.15) is 40.4 Å². The van der Waals surface area contributed by atoms with Crippen LogP contribution in [0, 0.1) is 11.8 Å². The molecule has 0 radical (unpaired) electrons. The van der Waals surface area contributed by atoms with E-state index in [1.807, 2.05) is 55.5 Å². The minimum Gasteiger partial charge on any atom is -0.480 e. The number of carbonyl (C=O) groups is 2. The molecule has 4 rings (SSSR count). The quantitative estimate of drug-likeness (QED) is 0.665. The molecule has 2 aromatic rings. The minimum absolute atomic E-state index is 0.122. The van der Waals surface area contributed by atoms with Crippen molar-refractivity contribution in [1.29, 1.82) is 0 Å². The zero-order valence-corrected chi connectivity index (χ0v) is 17.0. The largest absolute Gasteiger partial charge is 0.480 e. The van der Waals surface area contributed by atoms with Gasteiger partial charge in [0.05, 0.1) is 11.6 Å². The second kappa shape index (κ2) is 8.13. The highest BCUT2D eigenvalue weighted by molar-refractivity contribution is 5.89. The Kier molecular flexibility index (Phi) is 5.37. The maximum atomic E-state index is 12.5. The van der Waals surface area contributed by atoms with Crippen LogP contribution in [-0.2, 0) is 16.8 Å². The fourth-order valence-electron chi connectivity index (χ4n) is 4.01. The number of nitrogens with zero attached hydrogens (tertiary/aromatic N) is 1.